The predicted octanol–water partition coefficient (Wildman–Crippen LogP) is 2.93. The summed E-state index contributed by atoms with van der Waals surface area (Å²) in [4.78, 5) is 0. The van der Waals surface area contributed by atoms with Gasteiger partial charge in [-0.05, 0) is 36.4 Å². The van der Waals surface area contributed by atoms with E-state index >= 15 is 0 Å². The third kappa shape index (κ3) is 2.39. The van der Waals surface area contributed by atoms with E-state index in [2.05, 4.69) is 24.9 Å². The number of hydrogen-bond acceptors (Lipinski definition) is 1. The first kappa shape index (κ1) is 8.79. The van der Waals surface area contributed by atoms with Crippen molar-refractivity contribution in [2.75, 3.05) is 28.6 Å². The molecule has 1 atom stereocenters. The lowest BCUT2D eigenvalue weighted by Crippen LogP contribution is -2.15. The summed E-state index contributed by atoms with van der Waals surface area (Å²) < 4.78 is 0. The summed E-state index contributed by atoms with van der Waals surface area (Å²) in [6.07, 6.45) is 5.41. The third-order valence-electron chi connectivity index (χ3n) is 1.99. The Kier molecular flexibility index (Phi) is 3.44. The zero-order valence-corrected chi connectivity index (χ0v) is 8.69. The molecule has 1 unspecified atom stereocenters. The van der Waals surface area contributed by atoms with Gasteiger partial charge in [0, 0.05) is 5.08 Å². The first-order valence-corrected chi connectivity index (χ1v) is 7.76. The van der Waals surface area contributed by atoms with Crippen LogP contribution in [0, 0.1) is 0 Å². The first-order valence-electron chi connectivity index (χ1n) is 4.06. The second-order valence-corrected chi connectivity index (χ2v) is 8.80. The molecular formula is C8H18S2. The fourth-order valence-electron chi connectivity index (χ4n) is 1.48. The van der Waals surface area contributed by atoms with Gasteiger partial charge in [0.15, 0.2) is 0 Å². The molecule has 0 saturated carbocycles. The summed E-state index contributed by atoms with van der Waals surface area (Å²) in [5, 5.41) is 1.49. The Morgan fingerprint density at radius 3 is 2.80 bits per heavy atom. The summed E-state index contributed by atoms with van der Waals surface area (Å²) in [6.45, 7) is 2.32. The lowest BCUT2D eigenvalue weighted by Gasteiger charge is -2.38. The van der Waals surface area contributed by atoms with Gasteiger partial charge < -0.3 is 0 Å². The maximum Gasteiger partial charge on any atom is 0.0233 e. The van der Waals surface area contributed by atoms with Crippen LogP contribution in [0.4, 0.5) is 0 Å². The van der Waals surface area contributed by atoms with Gasteiger partial charge in [0.2, 0.25) is 0 Å². The number of rotatable bonds is 2. The van der Waals surface area contributed by atoms with Crippen LogP contribution in [0.15, 0.2) is 0 Å². The van der Waals surface area contributed by atoms with E-state index in [0.717, 1.165) is 0 Å². The summed E-state index contributed by atoms with van der Waals surface area (Å²) in [7, 11) is -0.127. The normalized spacial score (nSPS) is 40.6. The predicted molar refractivity (Wildman–Crippen MR) is 55.5 cm³/mol. The lowest BCUT2D eigenvalue weighted by molar-refractivity contribution is 1.06. The molecule has 62 valence electrons. The molecule has 0 amide bonds. The quantitative estimate of drug-likeness (QED) is 0.626. The Bertz CT molecular complexity index is 89.9. The highest BCUT2D eigenvalue weighted by Gasteiger charge is 2.19. The van der Waals surface area contributed by atoms with E-state index in [4.69, 9.17) is 0 Å². The van der Waals surface area contributed by atoms with Crippen LogP contribution in [0.25, 0.3) is 0 Å². The largest absolute Gasteiger partial charge is 0.235 e. The zero-order chi connectivity index (χ0) is 7.45. The molecule has 1 fully saturated rings. The van der Waals surface area contributed by atoms with Crippen LogP contribution in [0.3, 0.4) is 0 Å². The monoisotopic (exact) mass is 178 g/mol. The second kappa shape index (κ2) is 3.91. The molecule has 0 aromatic rings. The Morgan fingerprint density at radius 1 is 1.50 bits per heavy atom. The van der Waals surface area contributed by atoms with Gasteiger partial charge in [-0.15, -0.1) is 0 Å². The molecule has 1 rings (SSSR count). The minimum Gasteiger partial charge on any atom is -0.235 e. The van der Waals surface area contributed by atoms with Crippen LogP contribution in [-0.4, -0.2) is 28.6 Å². The molecule has 1 aliphatic heterocycles. The van der Waals surface area contributed by atoms with Gasteiger partial charge in [-0.3, -0.25) is 0 Å². The second-order valence-electron chi connectivity index (χ2n) is 3.27. The van der Waals surface area contributed by atoms with Gasteiger partial charge >= 0.3 is 0 Å². The molecule has 0 aromatic heterocycles. The van der Waals surface area contributed by atoms with E-state index in [0.29, 0.717) is 0 Å². The molecule has 0 aliphatic carbocycles. The van der Waals surface area contributed by atoms with Crippen LogP contribution in [0.1, 0.15) is 19.8 Å². The fourth-order valence-corrected chi connectivity index (χ4v) is 7.07. The minimum atomic E-state index is -0.127. The maximum absolute atomic E-state index is 2.53. The van der Waals surface area contributed by atoms with Gasteiger partial charge in [-0.2, -0.15) is 11.8 Å². The zero-order valence-electron chi connectivity index (χ0n) is 7.06. The lowest BCUT2D eigenvalue weighted by atomic mass is 10.6. The molecule has 0 radical (unpaired) electrons. The molecule has 0 nitrogen and oxygen atoms in total. The van der Waals surface area contributed by atoms with Gasteiger partial charge in [0.1, 0.15) is 0 Å². The molecule has 0 spiro atoms. The highest BCUT2D eigenvalue weighted by atomic mass is 32.3. The molecule has 1 heterocycles. The van der Waals surface area contributed by atoms with E-state index in [-0.39, 0.29) is 10.0 Å². The van der Waals surface area contributed by atoms with Gasteiger partial charge in [-0.1, -0.05) is 6.92 Å². The standard InChI is InChI=1S/C8H18S2/c1-3-6-10(2)7-4-5-9-8-10/h3-8H2,1-2H3. The minimum absolute atomic E-state index is 0.127. The van der Waals surface area contributed by atoms with Crippen LogP contribution >= 0.6 is 21.8 Å². The Balaban J connectivity index is 2.32. The summed E-state index contributed by atoms with van der Waals surface area (Å²) >= 11 is 2.18. The van der Waals surface area contributed by atoms with Crippen LogP contribution in [-0.2, 0) is 0 Å². The summed E-state index contributed by atoms with van der Waals surface area (Å²) in [6, 6.07) is 0. The van der Waals surface area contributed by atoms with E-state index in [9.17, 15) is 0 Å². The number of hydrogen-bond donors (Lipinski definition) is 0. The highest BCUT2D eigenvalue weighted by molar-refractivity contribution is 8.39. The van der Waals surface area contributed by atoms with Crippen molar-refractivity contribution in [3.05, 3.63) is 0 Å². The average Bonchev–Trinajstić information content (AvgIpc) is 1.89. The molecule has 1 saturated heterocycles. The van der Waals surface area contributed by atoms with Crippen molar-refractivity contribution >= 4 is 21.8 Å². The van der Waals surface area contributed by atoms with Crippen LogP contribution < -0.4 is 0 Å². The first-order chi connectivity index (χ1) is 4.77. The summed E-state index contributed by atoms with van der Waals surface area (Å²) in [5.74, 6) is 4.49. The third-order valence-corrected chi connectivity index (χ3v) is 8.18. The van der Waals surface area contributed by atoms with Crippen LogP contribution in [0.2, 0.25) is 0 Å². The van der Waals surface area contributed by atoms with Gasteiger partial charge in [0.25, 0.3) is 0 Å². The van der Waals surface area contributed by atoms with Gasteiger partial charge in [-0.25, -0.2) is 10.0 Å². The maximum atomic E-state index is 2.53. The van der Waals surface area contributed by atoms with Crippen molar-refractivity contribution < 1.29 is 0 Å². The van der Waals surface area contributed by atoms with Crippen LogP contribution in [0.5, 0.6) is 0 Å². The Labute approximate surface area is 70.5 Å². The molecule has 0 bridgehead atoms. The topological polar surface area (TPSA) is 0 Å². The van der Waals surface area contributed by atoms with Crippen molar-refractivity contribution in [2.24, 2.45) is 0 Å². The van der Waals surface area contributed by atoms with Crippen molar-refractivity contribution in [3.8, 4) is 0 Å². The van der Waals surface area contributed by atoms with Crippen molar-refractivity contribution in [1.82, 2.24) is 0 Å². The molecule has 10 heavy (non-hydrogen) atoms. The average molecular weight is 178 g/mol. The Hall–Kier alpha value is 0.700. The van der Waals surface area contributed by atoms with Crippen molar-refractivity contribution in [1.29, 1.82) is 0 Å². The van der Waals surface area contributed by atoms with Crippen molar-refractivity contribution in [3.63, 3.8) is 0 Å². The van der Waals surface area contributed by atoms with E-state index in [1.165, 1.54) is 29.4 Å². The highest BCUT2D eigenvalue weighted by Crippen LogP contribution is 2.51. The molecular weight excluding hydrogens is 160 g/mol. The number of thioether (sulfide) groups is 1. The fraction of sp³-hybridized carbons (Fsp3) is 1.00. The molecule has 1 aliphatic rings. The molecule has 0 aromatic carbocycles. The van der Waals surface area contributed by atoms with E-state index in [1.54, 1.807) is 5.75 Å². The summed E-state index contributed by atoms with van der Waals surface area (Å²) in [5.41, 5.74) is 0. The smallest absolute Gasteiger partial charge is 0.0233 e. The van der Waals surface area contributed by atoms with E-state index in [1.807, 2.05) is 0 Å². The molecule has 2 heteroatoms. The molecule has 0 N–H and O–H groups in total. The Morgan fingerprint density at radius 2 is 2.30 bits per heavy atom. The van der Waals surface area contributed by atoms with Gasteiger partial charge in [0.05, 0.1) is 0 Å². The SMILES string of the molecule is CCCS1(C)CCCSC1. The van der Waals surface area contributed by atoms with Crippen molar-refractivity contribution in [2.45, 2.75) is 19.8 Å². The van der Waals surface area contributed by atoms with E-state index < -0.39 is 0 Å².